The molecule has 110 valence electrons. The zero-order chi connectivity index (χ0) is 15.3. The number of carbonyl (C=O) groups is 2. The summed E-state index contributed by atoms with van der Waals surface area (Å²) in [7, 11) is 0. The van der Waals surface area contributed by atoms with Crippen molar-refractivity contribution in [1.29, 1.82) is 0 Å². The molecule has 0 saturated heterocycles. The van der Waals surface area contributed by atoms with Crippen LogP contribution in [0.4, 0.5) is 4.39 Å². The Kier molecular flexibility index (Phi) is 5.67. The molecule has 0 aliphatic carbocycles. The highest BCUT2D eigenvalue weighted by atomic mass is 19.1. The maximum Gasteiger partial charge on any atom is 0.308 e. The van der Waals surface area contributed by atoms with E-state index in [9.17, 15) is 14.0 Å². The highest BCUT2D eigenvalue weighted by Crippen LogP contribution is 2.21. The molecule has 1 aromatic rings. The summed E-state index contributed by atoms with van der Waals surface area (Å²) in [6.07, 6.45) is 0.123. The van der Waals surface area contributed by atoms with Gasteiger partial charge in [0.05, 0.1) is 5.92 Å². The Morgan fingerprint density at radius 3 is 2.40 bits per heavy atom. The number of carboxylic acids is 1. The van der Waals surface area contributed by atoms with Crippen molar-refractivity contribution in [1.82, 2.24) is 5.32 Å². The summed E-state index contributed by atoms with van der Waals surface area (Å²) in [5.41, 5.74) is 0.488. The lowest BCUT2D eigenvalue weighted by Gasteiger charge is -2.19. The van der Waals surface area contributed by atoms with Crippen LogP contribution in [0.15, 0.2) is 24.3 Å². The van der Waals surface area contributed by atoms with E-state index in [0.717, 1.165) is 0 Å². The summed E-state index contributed by atoms with van der Waals surface area (Å²) < 4.78 is 13.6. The van der Waals surface area contributed by atoms with Gasteiger partial charge in [0.15, 0.2) is 0 Å². The van der Waals surface area contributed by atoms with Crippen LogP contribution in [0.3, 0.4) is 0 Å². The Hall–Kier alpha value is -1.91. The molecule has 20 heavy (non-hydrogen) atoms. The van der Waals surface area contributed by atoms with E-state index in [1.54, 1.807) is 32.0 Å². The molecule has 0 aromatic heterocycles. The number of nitrogens with one attached hydrogen (secondary N) is 1. The standard InChI is InChI=1S/C15H20FNO3/c1-9(12-6-4-5-7-13(12)16)8-14(18)17-11(3)10(2)15(19)20/h4-7,9-11H,8H2,1-3H3,(H,17,18)(H,19,20). The average Bonchev–Trinajstić information content (AvgIpc) is 2.37. The molecule has 0 heterocycles. The molecule has 0 saturated carbocycles. The summed E-state index contributed by atoms with van der Waals surface area (Å²) in [6.45, 7) is 4.95. The quantitative estimate of drug-likeness (QED) is 0.842. The number of carboxylic acid groups (broad SMARTS) is 1. The zero-order valence-corrected chi connectivity index (χ0v) is 11.9. The van der Waals surface area contributed by atoms with Gasteiger partial charge in [-0.3, -0.25) is 9.59 Å². The van der Waals surface area contributed by atoms with Gasteiger partial charge >= 0.3 is 5.97 Å². The Balaban J connectivity index is 2.59. The molecule has 0 bridgehead atoms. The lowest BCUT2D eigenvalue weighted by molar-refractivity contribution is -0.142. The molecular weight excluding hydrogens is 261 g/mol. The number of carbonyl (C=O) groups excluding carboxylic acids is 1. The first-order valence-electron chi connectivity index (χ1n) is 6.59. The van der Waals surface area contributed by atoms with Gasteiger partial charge in [-0.15, -0.1) is 0 Å². The minimum Gasteiger partial charge on any atom is -0.481 e. The first-order valence-corrected chi connectivity index (χ1v) is 6.59. The predicted molar refractivity (Wildman–Crippen MR) is 73.8 cm³/mol. The van der Waals surface area contributed by atoms with E-state index in [1.165, 1.54) is 13.0 Å². The van der Waals surface area contributed by atoms with Crippen molar-refractivity contribution >= 4 is 11.9 Å². The minimum absolute atomic E-state index is 0.123. The number of rotatable bonds is 6. The SMILES string of the molecule is CC(CC(=O)NC(C)C(C)C(=O)O)c1ccccc1F. The molecule has 4 nitrogen and oxygen atoms in total. The van der Waals surface area contributed by atoms with Gasteiger partial charge < -0.3 is 10.4 Å². The van der Waals surface area contributed by atoms with Crippen molar-refractivity contribution in [3.8, 4) is 0 Å². The highest BCUT2D eigenvalue weighted by Gasteiger charge is 2.22. The molecule has 1 rings (SSSR count). The topological polar surface area (TPSA) is 66.4 Å². The molecular formula is C15H20FNO3. The van der Waals surface area contributed by atoms with E-state index < -0.39 is 17.9 Å². The monoisotopic (exact) mass is 281 g/mol. The Labute approximate surface area is 118 Å². The maximum atomic E-state index is 13.6. The van der Waals surface area contributed by atoms with Gasteiger partial charge in [-0.2, -0.15) is 0 Å². The van der Waals surface area contributed by atoms with Gasteiger partial charge in [-0.25, -0.2) is 4.39 Å². The third kappa shape index (κ3) is 4.33. The molecule has 0 spiro atoms. The van der Waals surface area contributed by atoms with Gasteiger partial charge in [-0.05, 0) is 31.4 Å². The number of aliphatic carboxylic acids is 1. The van der Waals surface area contributed by atoms with Crippen LogP contribution in [0.2, 0.25) is 0 Å². The molecule has 3 atom stereocenters. The molecule has 0 aliphatic heterocycles. The molecule has 0 fully saturated rings. The Bertz CT molecular complexity index is 490. The largest absolute Gasteiger partial charge is 0.481 e. The van der Waals surface area contributed by atoms with E-state index in [0.29, 0.717) is 5.56 Å². The number of amides is 1. The van der Waals surface area contributed by atoms with Gasteiger partial charge in [-0.1, -0.05) is 25.1 Å². The normalized spacial score (nSPS) is 15.2. The fraction of sp³-hybridized carbons (Fsp3) is 0.467. The van der Waals surface area contributed by atoms with Crippen molar-refractivity contribution in [3.05, 3.63) is 35.6 Å². The Morgan fingerprint density at radius 2 is 1.85 bits per heavy atom. The third-order valence-corrected chi connectivity index (χ3v) is 3.46. The van der Waals surface area contributed by atoms with Crippen LogP contribution in [-0.4, -0.2) is 23.0 Å². The summed E-state index contributed by atoms with van der Waals surface area (Å²) in [5.74, 6) is -2.49. The van der Waals surface area contributed by atoms with Crippen molar-refractivity contribution in [2.45, 2.75) is 39.2 Å². The van der Waals surface area contributed by atoms with Crippen LogP contribution >= 0.6 is 0 Å². The van der Waals surface area contributed by atoms with E-state index in [-0.39, 0.29) is 24.1 Å². The van der Waals surface area contributed by atoms with Crippen molar-refractivity contribution < 1.29 is 19.1 Å². The van der Waals surface area contributed by atoms with E-state index in [2.05, 4.69) is 5.32 Å². The highest BCUT2D eigenvalue weighted by molar-refractivity contribution is 5.78. The number of benzene rings is 1. The molecule has 3 unspecified atom stereocenters. The Morgan fingerprint density at radius 1 is 1.25 bits per heavy atom. The van der Waals surface area contributed by atoms with Gasteiger partial charge in [0.1, 0.15) is 5.82 Å². The van der Waals surface area contributed by atoms with E-state index in [1.807, 2.05) is 0 Å². The first-order chi connectivity index (χ1) is 9.32. The van der Waals surface area contributed by atoms with Crippen molar-refractivity contribution in [2.75, 3.05) is 0 Å². The lowest BCUT2D eigenvalue weighted by atomic mass is 9.96. The zero-order valence-electron chi connectivity index (χ0n) is 11.9. The molecule has 1 amide bonds. The fourth-order valence-corrected chi connectivity index (χ4v) is 1.91. The van der Waals surface area contributed by atoms with Crippen LogP contribution in [0.5, 0.6) is 0 Å². The van der Waals surface area contributed by atoms with Crippen LogP contribution in [0.25, 0.3) is 0 Å². The summed E-state index contributed by atoms with van der Waals surface area (Å²) in [5, 5.41) is 11.5. The summed E-state index contributed by atoms with van der Waals surface area (Å²) in [6, 6.07) is 5.87. The van der Waals surface area contributed by atoms with Gasteiger partial charge in [0, 0.05) is 12.5 Å². The molecule has 5 heteroatoms. The fourth-order valence-electron chi connectivity index (χ4n) is 1.91. The second-order valence-corrected chi connectivity index (χ2v) is 5.11. The van der Waals surface area contributed by atoms with E-state index in [4.69, 9.17) is 5.11 Å². The first kappa shape index (κ1) is 16.1. The van der Waals surface area contributed by atoms with Gasteiger partial charge in [0.2, 0.25) is 5.91 Å². The lowest BCUT2D eigenvalue weighted by Crippen LogP contribution is -2.40. The van der Waals surface area contributed by atoms with Crippen molar-refractivity contribution in [3.63, 3.8) is 0 Å². The smallest absolute Gasteiger partial charge is 0.308 e. The van der Waals surface area contributed by atoms with Gasteiger partial charge in [0.25, 0.3) is 0 Å². The predicted octanol–water partition coefficient (Wildman–Crippen LogP) is 2.54. The molecule has 2 N–H and O–H groups in total. The third-order valence-electron chi connectivity index (χ3n) is 3.46. The molecule has 0 radical (unpaired) electrons. The second kappa shape index (κ2) is 7.03. The summed E-state index contributed by atoms with van der Waals surface area (Å²) in [4.78, 5) is 22.7. The molecule has 1 aromatic carbocycles. The number of hydrogen-bond acceptors (Lipinski definition) is 2. The van der Waals surface area contributed by atoms with Crippen molar-refractivity contribution in [2.24, 2.45) is 5.92 Å². The second-order valence-electron chi connectivity index (χ2n) is 5.11. The molecule has 0 aliphatic rings. The minimum atomic E-state index is -0.958. The summed E-state index contributed by atoms with van der Waals surface area (Å²) >= 11 is 0. The number of hydrogen-bond donors (Lipinski definition) is 2. The van der Waals surface area contributed by atoms with Crippen LogP contribution in [-0.2, 0) is 9.59 Å². The van der Waals surface area contributed by atoms with Crippen LogP contribution in [0, 0.1) is 11.7 Å². The number of halogens is 1. The van der Waals surface area contributed by atoms with Crippen LogP contribution < -0.4 is 5.32 Å². The van der Waals surface area contributed by atoms with E-state index >= 15 is 0 Å². The van der Waals surface area contributed by atoms with Crippen LogP contribution in [0.1, 0.15) is 38.7 Å². The maximum absolute atomic E-state index is 13.6. The average molecular weight is 281 g/mol.